The van der Waals surface area contributed by atoms with Crippen LogP contribution in [0.15, 0.2) is 59.0 Å². The van der Waals surface area contributed by atoms with Gasteiger partial charge in [-0.2, -0.15) is 10.2 Å². The van der Waals surface area contributed by atoms with Crippen molar-refractivity contribution in [1.29, 1.82) is 0 Å². The SMILES string of the molecule is CCN(CC)C(=S)NN=C(C(=NNC(=S)N(CC)CC)c1ncccn1)c1ccccc1. The Balaban J connectivity index is 2.52. The first-order valence-electron chi connectivity index (χ1n) is 10.6. The minimum Gasteiger partial charge on any atom is -0.348 e. The molecule has 0 amide bonds. The van der Waals surface area contributed by atoms with Gasteiger partial charge in [-0.05, 0) is 58.2 Å². The maximum atomic E-state index is 5.51. The van der Waals surface area contributed by atoms with E-state index in [-0.39, 0.29) is 0 Å². The summed E-state index contributed by atoms with van der Waals surface area (Å²) in [7, 11) is 0. The summed E-state index contributed by atoms with van der Waals surface area (Å²) >= 11 is 11.0. The molecule has 1 aromatic heterocycles. The molecule has 8 nitrogen and oxygen atoms in total. The molecule has 2 N–H and O–H groups in total. The van der Waals surface area contributed by atoms with Crippen molar-refractivity contribution in [3.8, 4) is 0 Å². The summed E-state index contributed by atoms with van der Waals surface area (Å²) in [5, 5.41) is 10.3. The Morgan fingerprint density at radius 3 is 1.69 bits per heavy atom. The van der Waals surface area contributed by atoms with E-state index in [0.29, 0.717) is 27.5 Å². The molecule has 0 saturated carbocycles. The molecule has 170 valence electrons. The minimum absolute atomic E-state index is 0.417. The molecule has 0 bridgehead atoms. The van der Waals surface area contributed by atoms with Gasteiger partial charge in [-0.1, -0.05) is 30.3 Å². The van der Waals surface area contributed by atoms with Crippen LogP contribution in [-0.2, 0) is 0 Å². The van der Waals surface area contributed by atoms with Crippen LogP contribution in [0.4, 0.5) is 0 Å². The van der Waals surface area contributed by atoms with Gasteiger partial charge < -0.3 is 9.80 Å². The Morgan fingerprint density at radius 1 is 0.750 bits per heavy atom. The van der Waals surface area contributed by atoms with Crippen LogP contribution in [-0.4, -0.2) is 67.6 Å². The van der Waals surface area contributed by atoms with E-state index < -0.39 is 0 Å². The third-order valence-corrected chi connectivity index (χ3v) is 5.38. The van der Waals surface area contributed by atoms with E-state index in [1.165, 1.54) is 0 Å². The molecular formula is C22H30N8S2. The van der Waals surface area contributed by atoms with Crippen molar-refractivity contribution in [3.63, 3.8) is 0 Å². The van der Waals surface area contributed by atoms with Crippen LogP contribution in [0.3, 0.4) is 0 Å². The molecule has 0 atom stereocenters. The molecule has 0 unspecified atom stereocenters. The maximum absolute atomic E-state index is 5.51. The zero-order valence-electron chi connectivity index (χ0n) is 18.9. The lowest BCUT2D eigenvalue weighted by Crippen LogP contribution is -2.39. The van der Waals surface area contributed by atoms with Gasteiger partial charge in [0.25, 0.3) is 0 Å². The van der Waals surface area contributed by atoms with Gasteiger partial charge in [0.05, 0.1) is 0 Å². The average molecular weight is 471 g/mol. The predicted molar refractivity (Wildman–Crippen MR) is 139 cm³/mol. The number of hydrogen-bond acceptors (Lipinski definition) is 6. The number of nitrogens with one attached hydrogen (secondary N) is 2. The number of thiocarbonyl (C=S) groups is 2. The van der Waals surface area contributed by atoms with Crippen LogP contribution in [0.1, 0.15) is 39.1 Å². The second-order valence-corrected chi connectivity index (χ2v) is 7.31. The smallest absolute Gasteiger partial charge is 0.189 e. The lowest BCUT2D eigenvalue weighted by molar-refractivity contribution is 0.457. The first kappa shape index (κ1) is 25.3. The summed E-state index contributed by atoms with van der Waals surface area (Å²) < 4.78 is 0. The summed E-state index contributed by atoms with van der Waals surface area (Å²) in [5.41, 5.74) is 7.81. The molecule has 0 aliphatic carbocycles. The highest BCUT2D eigenvalue weighted by atomic mass is 32.1. The van der Waals surface area contributed by atoms with Crippen molar-refractivity contribution in [3.05, 3.63) is 60.2 Å². The van der Waals surface area contributed by atoms with Crippen LogP contribution >= 0.6 is 24.4 Å². The standard InChI is InChI=1S/C22H30N8S2/c1-5-29(6-2)21(31)27-25-18(17-13-10-9-11-14-17)19(20-23-15-12-16-24-20)26-28-22(32)30(7-3)8-4/h9-16H,5-8H2,1-4H3,(H,27,31)(H,28,32). The van der Waals surface area contributed by atoms with E-state index in [9.17, 15) is 0 Å². The Hall–Kier alpha value is -2.98. The number of nitrogens with zero attached hydrogens (tertiary/aromatic N) is 6. The van der Waals surface area contributed by atoms with Crippen molar-refractivity contribution in [1.82, 2.24) is 30.6 Å². The van der Waals surface area contributed by atoms with E-state index >= 15 is 0 Å². The quantitative estimate of drug-likeness (QED) is 0.329. The first-order valence-corrected chi connectivity index (χ1v) is 11.5. The molecule has 0 aliphatic heterocycles. The van der Waals surface area contributed by atoms with Crippen LogP contribution < -0.4 is 10.9 Å². The fraction of sp³-hybridized carbons (Fsp3) is 0.364. The molecule has 1 aromatic carbocycles. The molecule has 0 aliphatic rings. The number of hydrogen-bond donors (Lipinski definition) is 2. The van der Waals surface area contributed by atoms with Gasteiger partial charge in [0.1, 0.15) is 5.71 Å². The van der Waals surface area contributed by atoms with Gasteiger partial charge in [-0.15, -0.1) is 0 Å². The highest BCUT2D eigenvalue weighted by molar-refractivity contribution is 7.80. The topological polar surface area (TPSA) is 81.0 Å². The lowest BCUT2D eigenvalue weighted by atomic mass is 10.1. The predicted octanol–water partition coefficient (Wildman–Crippen LogP) is 3.02. The Morgan fingerprint density at radius 2 is 1.22 bits per heavy atom. The van der Waals surface area contributed by atoms with Crippen molar-refractivity contribution >= 4 is 46.1 Å². The molecule has 2 rings (SSSR count). The number of aromatic nitrogens is 2. The lowest BCUT2D eigenvalue weighted by Gasteiger charge is -2.22. The minimum atomic E-state index is 0.417. The Labute approximate surface area is 200 Å². The van der Waals surface area contributed by atoms with Gasteiger partial charge in [0.15, 0.2) is 21.8 Å². The summed E-state index contributed by atoms with van der Waals surface area (Å²) in [5.74, 6) is 0.417. The monoisotopic (exact) mass is 470 g/mol. The highest BCUT2D eigenvalue weighted by Gasteiger charge is 2.19. The van der Waals surface area contributed by atoms with Crippen molar-refractivity contribution < 1.29 is 0 Å². The Kier molecular flexibility index (Phi) is 10.6. The summed E-state index contributed by atoms with van der Waals surface area (Å²) in [6, 6.07) is 11.5. The third kappa shape index (κ3) is 7.03. The van der Waals surface area contributed by atoms with Crippen molar-refractivity contribution in [2.75, 3.05) is 26.2 Å². The summed E-state index contributed by atoms with van der Waals surface area (Å²) in [6.07, 6.45) is 3.33. The van der Waals surface area contributed by atoms with E-state index in [1.54, 1.807) is 18.5 Å². The number of rotatable bonds is 9. The largest absolute Gasteiger partial charge is 0.348 e. The van der Waals surface area contributed by atoms with Crippen LogP contribution in [0.25, 0.3) is 0 Å². The Bertz CT molecular complexity index is 846. The van der Waals surface area contributed by atoms with E-state index in [0.717, 1.165) is 31.7 Å². The average Bonchev–Trinajstić information content (AvgIpc) is 2.83. The van der Waals surface area contributed by atoms with Crippen molar-refractivity contribution in [2.24, 2.45) is 10.2 Å². The van der Waals surface area contributed by atoms with Crippen molar-refractivity contribution in [2.45, 2.75) is 27.7 Å². The van der Waals surface area contributed by atoms with Gasteiger partial charge >= 0.3 is 0 Å². The molecule has 0 fully saturated rings. The highest BCUT2D eigenvalue weighted by Crippen LogP contribution is 2.07. The molecular weight excluding hydrogens is 440 g/mol. The second-order valence-electron chi connectivity index (χ2n) is 6.54. The van der Waals surface area contributed by atoms with E-state index in [2.05, 4.69) is 31.0 Å². The molecule has 0 saturated heterocycles. The van der Waals surface area contributed by atoms with Gasteiger partial charge in [-0.25, -0.2) is 9.97 Å². The summed E-state index contributed by atoms with van der Waals surface area (Å²) in [6.45, 7) is 11.3. The van der Waals surface area contributed by atoms with Crippen LogP contribution in [0.5, 0.6) is 0 Å². The maximum Gasteiger partial charge on any atom is 0.189 e. The third-order valence-electron chi connectivity index (χ3n) is 4.68. The normalized spacial score (nSPS) is 11.6. The fourth-order valence-electron chi connectivity index (χ4n) is 2.85. The molecule has 0 spiro atoms. The van der Waals surface area contributed by atoms with E-state index in [4.69, 9.17) is 24.4 Å². The molecule has 1 heterocycles. The molecule has 0 radical (unpaired) electrons. The zero-order valence-corrected chi connectivity index (χ0v) is 20.6. The number of hydrazone groups is 2. The van der Waals surface area contributed by atoms with E-state index in [1.807, 2.05) is 67.8 Å². The molecule has 32 heavy (non-hydrogen) atoms. The number of benzene rings is 1. The first-order chi connectivity index (χ1) is 15.5. The van der Waals surface area contributed by atoms with Crippen LogP contribution in [0, 0.1) is 0 Å². The zero-order chi connectivity index (χ0) is 23.3. The molecule has 2 aromatic rings. The fourth-order valence-corrected chi connectivity index (χ4v) is 3.46. The second kappa shape index (κ2) is 13.4. The van der Waals surface area contributed by atoms with Gasteiger partial charge in [0, 0.05) is 44.1 Å². The van der Waals surface area contributed by atoms with Gasteiger partial charge in [0.2, 0.25) is 0 Å². The summed E-state index contributed by atoms with van der Waals surface area (Å²) in [4.78, 5) is 12.8. The van der Waals surface area contributed by atoms with Crippen LogP contribution in [0.2, 0.25) is 0 Å². The molecule has 10 heteroatoms. The van der Waals surface area contributed by atoms with Gasteiger partial charge in [-0.3, -0.25) is 10.9 Å².